The van der Waals surface area contributed by atoms with Crippen molar-refractivity contribution >= 4 is 5.69 Å². The van der Waals surface area contributed by atoms with Crippen molar-refractivity contribution in [1.82, 2.24) is 9.80 Å². The fourth-order valence-corrected chi connectivity index (χ4v) is 2.31. The van der Waals surface area contributed by atoms with Crippen molar-refractivity contribution in [2.45, 2.75) is 19.8 Å². The van der Waals surface area contributed by atoms with Crippen molar-refractivity contribution in [3.8, 4) is 0 Å². The Balaban J connectivity index is 1.65. The molecule has 0 saturated carbocycles. The zero-order valence-corrected chi connectivity index (χ0v) is 11.4. The van der Waals surface area contributed by atoms with Gasteiger partial charge in [0.2, 0.25) is 0 Å². The molecule has 1 saturated heterocycles. The summed E-state index contributed by atoms with van der Waals surface area (Å²) in [6, 6.07) is 10.4. The van der Waals surface area contributed by atoms with Crippen molar-refractivity contribution in [2.24, 2.45) is 0 Å². The van der Waals surface area contributed by atoms with E-state index in [0.29, 0.717) is 0 Å². The number of rotatable bonds is 6. The number of piperazine rings is 1. The van der Waals surface area contributed by atoms with E-state index in [1.165, 1.54) is 51.3 Å². The van der Waals surface area contributed by atoms with Gasteiger partial charge in [0.05, 0.1) is 6.67 Å². The highest BCUT2D eigenvalue weighted by Crippen LogP contribution is 2.07. The van der Waals surface area contributed by atoms with E-state index in [2.05, 4.69) is 52.4 Å². The molecule has 18 heavy (non-hydrogen) atoms. The molecule has 100 valence electrons. The van der Waals surface area contributed by atoms with Gasteiger partial charge in [0.1, 0.15) is 0 Å². The fraction of sp³-hybridized carbons (Fsp3) is 0.600. The molecule has 1 heterocycles. The van der Waals surface area contributed by atoms with Crippen LogP contribution in [0.4, 0.5) is 5.69 Å². The Morgan fingerprint density at radius 3 is 2.33 bits per heavy atom. The Kier molecular flexibility index (Phi) is 5.49. The molecule has 2 rings (SSSR count). The predicted octanol–water partition coefficient (Wildman–Crippen LogP) is 2.47. The molecule has 0 bridgehead atoms. The minimum absolute atomic E-state index is 0.964. The highest BCUT2D eigenvalue weighted by Gasteiger charge is 2.15. The lowest BCUT2D eigenvalue weighted by molar-refractivity contribution is 0.138. The van der Waals surface area contributed by atoms with E-state index in [0.717, 1.165) is 6.67 Å². The molecule has 0 amide bonds. The lowest BCUT2D eigenvalue weighted by Crippen LogP contribution is -2.47. The normalized spacial score (nSPS) is 17.8. The maximum atomic E-state index is 3.48. The van der Waals surface area contributed by atoms with Crippen LogP contribution in [-0.2, 0) is 0 Å². The van der Waals surface area contributed by atoms with Gasteiger partial charge in [0, 0.05) is 31.9 Å². The molecule has 0 aromatic heterocycles. The number of para-hydroxylation sites is 1. The number of hydrogen-bond donors (Lipinski definition) is 1. The third-order valence-electron chi connectivity index (χ3n) is 3.57. The fourth-order valence-electron chi connectivity index (χ4n) is 2.31. The molecule has 0 aliphatic carbocycles. The molecule has 3 heteroatoms. The Bertz CT molecular complexity index is 318. The molecule has 1 aliphatic heterocycles. The highest BCUT2D eigenvalue weighted by molar-refractivity contribution is 5.42. The summed E-state index contributed by atoms with van der Waals surface area (Å²) in [5, 5.41) is 3.48. The minimum Gasteiger partial charge on any atom is -0.372 e. The second-order valence-corrected chi connectivity index (χ2v) is 5.01. The quantitative estimate of drug-likeness (QED) is 0.833. The zero-order valence-electron chi connectivity index (χ0n) is 11.4. The van der Waals surface area contributed by atoms with Crippen LogP contribution in [0.3, 0.4) is 0 Å². The van der Waals surface area contributed by atoms with E-state index in [4.69, 9.17) is 0 Å². The molecule has 0 unspecified atom stereocenters. The van der Waals surface area contributed by atoms with Gasteiger partial charge in [-0.15, -0.1) is 0 Å². The van der Waals surface area contributed by atoms with E-state index >= 15 is 0 Å². The van der Waals surface area contributed by atoms with Crippen LogP contribution in [0.2, 0.25) is 0 Å². The average molecular weight is 247 g/mol. The highest BCUT2D eigenvalue weighted by atomic mass is 15.3. The SMILES string of the molecule is CCCCN1CCN(CNc2ccccc2)CC1. The van der Waals surface area contributed by atoms with Crippen molar-refractivity contribution in [2.75, 3.05) is 44.7 Å². The molecule has 1 aromatic carbocycles. The third-order valence-corrected chi connectivity index (χ3v) is 3.57. The molecule has 0 spiro atoms. The van der Waals surface area contributed by atoms with Crippen LogP contribution in [0.5, 0.6) is 0 Å². The standard InChI is InChI=1S/C15H25N3/c1-2-3-9-17-10-12-18(13-11-17)14-16-15-7-5-4-6-8-15/h4-8,16H,2-3,9-14H2,1H3. The van der Waals surface area contributed by atoms with Gasteiger partial charge in [-0.05, 0) is 25.1 Å². The first kappa shape index (κ1) is 13.4. The number of nitrogens with zero attached hydrogens (tertiary/aromatic N) is 2. The Morgan fingerprint density at radius 2 is 1.67 bits per heavy atom. The monoisotopic (exact) mass is 247 g/mol. The van der Waals surface area contributed by atoms with Crippen LogP contribution in [0.1, 0.15) is 19.8 Å². The van der Waals surface area contributed by atoms with Gasteiger partial charge in [0.15, 0.2) is 0 Å². The van der Waals surface area contributed by atoms with Gasteiger partial charge in [-0.2, -0.15) is 0 Å². The maximum Gasteiger partial charge on any atom is 0.0679 e. The van der Waals surface area contributed by atoms with Crippen molar-refractivity contribution in [1.29, 1.82) is 0 Å². The predicted molar refractivity (Wildman–Crippen MR) is 77.9 cm³/mol. The number of hydrogen-bond acceptors (Lipinski definition) is 3. The van der Waals surface area contributed by atoms with E-state index in [-0.39, 0.29) is 0 Å². The van der Waals surface area contributed by atoms with E-state index < -0.39 is 0 Å². The van der Waals surface area contributed by atoms with Crippen LogP contribution in [0.15, 0.2) is 30.3 Å². The van der Waals surface area contributed by atoms with Gasteiger partial charge < -0.3 is 10.2 Å². The number of unbranched alkanes of at least 4 members (excludes halogenated alkanes) is 1. The number of nitrogens with one attached hydrogen (secondary N) is 1. The lowest BCUT2D eigenvalue weighted by Gasteiger charge is -2.34. The Labute approximate surface area is 111 Å². The largest absolute Gasteiger partial charge is 0.372 e. The van der Waals surface area contributed by atoms with Crippen molar-refractivity contribution in [3.63, 3.8) is 0 Å². The van der Waals surface area contributed by atoms with Gasteiger partial charge in [-0.25, -0.2) is 0 Å². The first-order valence-electron chi connectivity index (χ1n) is 7.12. The Morgan fingerprint density at radius 1 is 1.00 bits per heavy atom. The molecule has 1 N–H and O–H groups in total. The van der Waals surface area contributed by atoms with Crippen LogP contribution in [-0.4, -0.2) is 49.2 Å². The van der Waals surface area contributed by atoms with Crippen LogP contribution in [0, 0.1) is 0 Å². The van der Waals surface area contributed by atoms with Gasteiger partial charge >= 0.3 is 0 Å². The van der Waals surface area contributed by atoms with Crippen LogP contribution >= 0.6 is 0 Å². The van der Waals surface area contributed by atoms with Crippen molar-refractivity contribution < 1.29 is 0 Å². The summed E-state index contributed by atoms with van der Waals surface area (Å²) >= 11 is 0. The smallest absolute Gasteiger partial charge is 0.0679 e. The Hall–Kier alpha value is -1.06. The zero-order chi connectivity index (χ0) is 12.6. The van der Waals surface area contributed by atoms with Crippen LogP contribution < -0.4 is 5.32 Å². The van der Waals surface area contributed by atoms with Crippen LogP contribution in [0.25, 0.3) is 0 Å². The third kappa shape index (κ3) is 4.31. The molecule has 1 fully saturated rings. The summed E-state index contributed by atoms with van der Waals surface area (Å²) in [7, 11) is 0. The summed E-state index contributed by atoms with van der Waals surface area (Å²) in [6.07, 6.45) is 2.64. The number of anilines is 1. The van der Waals surface area contributed by atoms with Gasteiger partial charge in [-0.1, -0.05) is 31.5 Å². The molecular weight excluding hydrogens is 222 g/mol. The number of benzene rings is 1. The molecule has 3 nitrogen and oxygen atoms in total. The average Bonchev–Trinajstić information content (AvgIpc) is 2.45. The summed E-state index contributed by atoms with van der Waals surface area (Å²) < 4.78 is 0. The molecule has 0 radical (unpaired) electrons. The first-order valence-corrected chi connectivity index (χ1v) is 7.12. The molecule has 0 atom stereocenters. The second kappa shape index (κ2) is 7.39. The molecule has 1 aliphatic rings. The summed E-state index contributed by atoms with van der Waals surface area (Å²) in [4.78, 5) is 5.08. The van der Waals surface area contributed by atoms with Crippen molar-refractivity contribution in [3.05, 3.63) is 30.3 Å². The second-order valence-electron chi connectivity index (χ2n) is 5.01. The molecule has 1 aromatic rings. The van der Waals surface area contributed by atoms with Gasteiger partial charge in [0.25, 0.3) is 0 Å². The lowest BCUT2D eigenvalue weighted by atomic mass is 10.2. The topological polar surface area (TPSA) is 18.5 Å². The maximum absolute atomic E-state index is 3.48. The minimum atomic E-state index is 0.964. The van der Waals surface area contributed by atoms with E-state index in [1.807, 2.05) is 0 Å². The summed E-state index contributed by atoms with van der Waals surface area (Å²) in [6.45, 7) is 9.31. The summed E-state index contributed by atoms with van der Waals surface area (Å²) in [5.74, 6) is 0. The summed E-state index contributed by atoms with van der Waals surface area (Å²) in [5.41, 5.74) is 1.21. The van der Waals surface area contributed by atoms with E-state index in [9.17, 15) is 0 Å². The first-order chi connectivity index (χ1) is 8.88. The van der Waals surface area contributed by atoms with Gasteiger partial charge in [-0.3, -0.25) is 4.90 Å². The van der Waals surface area contributed by atoms with E-state index in [1.54, 1.807) is 0 Å². The molecular formula is C15H25N3.